The molecule has 0 radical (unpaired) electrons. The Balaban J connectivity index is 2.49. The van der Waals surface area contributed by atoms with E-state index in [-0.39, 0.29) is 18.0 Å². The minimum atomic E-state index is -0.117. The summed E-state index contributed by atoms with van der Waals surface area (Å²) in [5.74, 6) is -0.191. The first-order valence-electron chi connectivity index (χ1n) is 5.34. The second kappa shape index (κ2) is 5.54. The highest BCUT2D eigenvalue weighted by Crippen LogP contribution is 2.10. The van der Waals surface area contributed by atoms with Crippen LogP contribution >= 0.6 is 0 Å². The molecule has 0 fully saturated rings. The summed E-state index contributed by atoms with van der Waals surface area (Å²) in [4.78, 5) is 11.5. The topological polar surface area (TPSA) is 26.3 Å². The maximum absolute atomic E-state index is 11.5. The predicted octanol–water partition coefficient (Wildman–Crippen LogP) is 2.82. The normalized spacial score (nSPS) is 12.5. The van der Waals surface area contributed by atoms with Gasteiger partial charge in [-0.15, -0.1) is 0 Å². The van der Waals surface area contributed by atoms with Gasteiger partial charge in [-0.25, -0.2) is 0 Å². The number of carbonyl (C=O) groups is 1. The maximum atomic E-state index is 11.5. The smallest absolute Gasteiger partial charge is 0.309 e. The number of hydrogen-bond acceptors (Lipinski definition) is 2. The van der Waals surface area contributed by atoms with E-state index in [1.807, 2.05) is 51.1 Å². The summed E-state index contributed by atoms with van der Waals surface area (Å²) in [5, 5.41) is 0. The zero-order chi connectivity index (χ0) is 11.3. The predicted molar refractivity (Wildman–Crippen MR) is 60.5 cm³/mol. The molecule has 0 amide bonds. The fourth-order valence-corrected chi connectivity index (χ4v) is 1.40. The molecule has 0 saturated heterocycles. The van der Waals surface area contributed by atoms with E-state index in [9.17, 15) is 4.79 Å². The van der Waals surface area contributed by atoms with Crippen molar-refractivity contribution >= 4 is 5.97 Å². The third-order valence-corrected chi connectivity index (χ3v) is 2.14. The molecule has 2 heteroatoms. The zero-order valence-electron chi connectivity index (χ0n) is 9.57. The van der Waals surface area contributed by atoms with Crippen LogP contribution in [0, 0.1) is 5.92 Å². The summed E-state index contributed by atoms with van der Waals surface area (Å²) in [6, 6.07) is 9.99. The van der Waals surface area contributed by atoms with Crippen molar-refractivity contribution in [2.24, 2.45) is 5.92 Å². The molecule has 0 saturated carbocycles. The second-order valence-electron chi connectivity index (χ2n) is 4.08. The molecule has 1 aromatic rings. The first-order valence-corrected chi connectivity index (χ1v) is 5.34. The summed E-state index contributed by atoms with van der Waals surface area (Å²) >= 11 is 0. The minimum absolute atomic E-state index is 0.0317. The molecule has 2 nitrogen and oxygen atoms in total. The molecular weight excluding hydrogens is 188 g/mol. The van der Waals surface area contributed by atoms with Gasteiger partial charge in [0.05, 0.1) is 12.0 Å². The lowest BCUT2D eigenvalue weighted by atomic mass is 10.0. The van der Waals surface area contributed by atoms with Gasteiger partial charge >= 0.3 is 5.97 Å². The average molecular weight is 206 g/mol. The van der Waals surface area contributed by atoms with E-state index in [1.54, 1.807) is 0 Å². The fourth-order valence-electron chi connectivity index (χ4n) is 1.40. The summed E-state index contributed by atoms with van der Waals surface area (Å²) in [6.07, 6.45) is 0.711. The zero-order valence-corrected chi connectivity index (χ0v) is 9.57. The van der Waals surface area contributed by atoms with Crippen LogP contribution in [-0.4, -0.2) is 12.1 Å². The van der Waals surface area contributed by atoms with E-state index < -0.39 is 0 Å². The van der Waals surface area contributed by atoms with E-state index >= 15 is 0 Å². The van der Waals surface area contributed by atoms with Crippen molar-refractivity contribution in [3.05, 3.63) is 35.9 Å². The van der Waals surface area contributed by atoms with Crippen molar-refractivity contribution in [2.45, 2.75) is 33.3 Å². The monoisotopic (exact) mass is 206 g/mol. The molecule has 1 atom stereocenters. The van der Waals surface area contributed by atoms with Gasteiger partial charge in [0.15, 0.2) is 0 Å². The van der Waals surface area contributed by atoms with Gasteiger partial charge in [-0.05, 0) is 25.8 Å². The fraction of sp³-hybridized carbons (Fsp3) is 0.462. The minimum Gasteiger partial charge on any atom is -0.463 e. The highest BCUT2D eigenvalue weighted by molar-refractivity contribution is 5.72. The van der Waals surface area contributed by atoms with E-state index in [2.05, 4.69) is 0 Å². The van der Waals surface area contributed by atoms with Gasteiger partial charge in [0.2, 0.25) is 0 Å². The number of benzene rings is 1. The lowest BCUT2D eigenvalue weighted by Crippen LogP contribution is -2.20. The van der Waals surface area contributed by atoms with Gasteiger partial charge in [0, 0.05) is 0 Å². The van der Waals surface area contributed by atoms with Crippen LogP contribution in [0.1, 0.15) is 26.3 Å². The molecule has 0 heterocycles. The van der Waals surface area contributed by atoms with Crippen LogP contribution in [0.5, 0.6) is 0 Å². The van der Waals surface area contributed by atoms with Crippen molar-refractivity contribution in [1.82, 2.24) is 0 Å². The number of ether oxygens (including phenoxy) is 1. The molecule has 0 aliphatic carbocycles. The highest BCUT2D eigenvalue weighted by atomic mass is 16.5. The molecule has 15 heavy (non-hydrogen) atoms. The van der Waals surface area contributed by atoms with Crippen LogP contribution < -0.4 is 0 Å². The number of esters is 1. The van der Waals surface area contributed by atoms with Crippen molar-refractivity contribution in [3.8, 4) is 0 Å². The van der Waals surface area contributed by atoms with Gasteiger partial charge in [-0.1, -0.05) is 37.3 Å². The van der Waals surface area contributed by atoms with Crippen molar-refractivity contribution in [1.29, 1.82) is 0 Å². The lowest BCUT2D eigenvalue weighted by molar-refractivity contribution is -0.151. The quantitative estimate of drug-likeness (QED) is 0.708. The molecule has 0 N–H and O–H groups in total. The third kappa shape index (κ3) is 4.15. The number of hydrogen-bond donors (Lipinski definition) is 0. The molecular formula is C13H18O2. The van der Waals surface area contributed by atoms with Gasteiger partial charge in [0.1, 0.15) is 0 Å². The van der Waals surface area contributed by atoms with Crippen molar-refractivity contribution in [3.63, 3.8) is 0 Å². The molecule has 1 rings (SSSR count). The number of carbonyl (C=O) groups excluding carboxylic acids is 1. The molecule has 1 aromatic carbocycles. The Kier molecular flexibility index (Phi) is 4.35. The number of rotatable bonds is 4. The highest BCUT2D eigenvalue weighted by Gasteiger charge is 2.15. The second-order valence-corrected chi connectivity index (χ2v) is 4.08. The van der Waals surface area contributed by atoms with Crippen LogP contribution in [0.15, 0.2) is 30.3 Å². The van der Waals surface area contributed by atoms with Crippen LogP contribution in [0.2, 0.25) is 0 Å². The van der Waals surface area contributed by atoms with E-state index in [1.165, 1.54) is 5.56 Å². The Morgan fingerprint density at radius 2 is 1.80 bits per heavy atom. The molecule has 0 aromatic heterocycles. The van der Waals surface area contributed by atoms with E-state index in [0.29, 0.717) is 0 Å². The SMILES string of the molecule is CC(C)OC(=O)[C@H](C)Cc1ccccc1. The van der Waals surface area contributed by atoms with Crippen LogP contribution in [0.4, 0.5) is 0 Å². The molecule has 0 aliphatic rings. The third-order valence-electron chi connectivity index (χ3n) is 2.14. The first-order chi connectivity index (χ1) is 7.09. The van der Waals surface area contributed by atoms with Crippen molar-refractivity contribution < 1.29 is 9.53 Å². The van der Waals surface area contributed by atoms with E-state index in [4.69, 9.17) is 4.74 Å². The Morgan fingerprint density at radius 1 is 1.20 bits per heavy atom. The summed E-state index contributed by atoms with van der Waals surface area (Å²) in [5.41, 5.74) is 1.17. The van der Waals surface area contributed by atoms with Gasteiger partial charge in [-0.3, -0.25) is 4.79 Å². The van der Waals surface area contributed by atoms with Gasteiger partial charge < -0.3 is 4.74 Å². The lowest BCUT2D eigenvalue weighted by Gasteiger charge is -2.13. The van der Waals surface area contributed by atoms with Crippen LogP contribution in [0.25, 0.3) is 0 Å². The van der Waals surface area contributed by atoms with Gasteiger partial charge in [-0.2, -0.15) is 0 Å². The van der Waals surface area contributed by atoms with Crippen molar-refractivity contribution in [2.75, 3.05) is 0 Å². The maximum Gasteiger partial charge on any atom is 0.309 e. The Labute approximate surface area is 91.3 Å². The summed E-state index contributed by atoms with van der Waals surface area (Å²) in [6.45, 7) is 5.64. The summed E-state index contributed by atoms with van der Waals surface area (Å²) in [7, 11) is 0. The Hall–Kier alpha value is -1.31. The molecule has 82 valence electrons. The first kappa shape index (κ1) is 11.8. The van der Waals surface area contributed by atoms with Gasteiger partial charge in [0.25, 0.3) is 0 Å². The van der Waals surface area contributed by atoms with Crippen LogP contribution in [-0.2, 0) is 16.0 Å². The molecule has 0 aliphatic heterocycles. The van der Waals surface area contributed by atoms with E-state index in [0.717, 1.165) is 6.42 Å². The van der Waals surface area contributed by atoms with Crippen LogP contribution in [0.3, 0.4) is 0 Å². The standard InChI is InChI=1S/C13H18O2/c1-10(2)15-13(14)11(3)9-12-7-5-4-6-8-12/h4-8,10-11H,9H2,1-3H3/t11-/m1/s1. The largest absolute Gasteiger partial charge is 0.463 e. The Morgan fingerprint density at radius 3 is 2.33 bits per heavy atom. The average Bonchev–Trinajstić information content (AvgIpc) is 2.18. The summed E-state index contributed by atoms with van der Waals surface area (Å²) < 4.78 is 5.15. The molecule has 0 spiro atoms. The molecule has 0 unspecified atom stereocenters. The molecule has 0 bridgehead atoms. The Bertz CT molecular complexity index is 304.